The highest BCUT2D eigenvalue weighted by atomic mass is 35.5. The van der Waals surface area contributed by atoms with Gasteiger partial charge in [-0.15, -0.1) is 5.10 Å². The van der Waals surface area contributed by atoms with Crippen molar-refractivity contribution in [2.24, 2.45) is 7.05 Å². The van der Waals surface area contributed by atoms with Crippen molar-refractivity contribution in [2.45, 2.75) is 43.7 Å². The maximum absolute atomic E-state index is 13.7. The number of hydrogen-bond acceptors (Lipinski definition) is 8. The molecule has 0 N–H and O–H groups in total. The monoisotopic (exact) mass is 598 g/mol. The molecule has 0 aliphatic carbocycles. The summed E-state index contributed by atoms with van der Waals surface area (Å²) in [4.78, 5) is 12.9. The zero-order valence-electron chi connectivity index (χ0n) is 23.2. The summed E-state index contributed by atoms with van der Waals surface area (Å²) in [5, 5.41) is 8.77. The van der Waals surface area contributed by atoms with E-state index in [2.05, 4.69) is 10.3 Å². The molecule has 10 nitrogen and oxygen atoms in total. The number of esters is 1. The number of nitrogens with zero attached hydrogens (tertiary/aromatic N) is 4. The lowest BCUT2D eigenvalue weighted by Crippen LogP contribution is -2.35. The number of benzene rings is 3. The maximum atomic E-state index is 13.7. The van der Waals surface area contributed by atoms with Gasteiger partial charge in [0.1, 0.15) is 33.5 Å². The third-order valence-electron chi connectivity index (χ3n) is 7.06. The van der Waals surface area contributed by atoms with Crippen LogP contribution >= 0.6 is 11.6 Å². The van der Waals surface area contributed by atoms with E-state index in [-0.39, 0.29) is 43.1 Å². The van der Waals surface area contributed by atoms with E-state index in [1.807, 2.05) is 31.2 Å². The van der Waals surface area contributed by atoms with Crippen LogP contribution in [0.2, 0.25) is 5.02 Å². The fourth-order valence-electron chi connectivity index (χ4n) is 5.16. The number of sulfonamides is 1. The molecule has 0 fully saturated rings. The van der Waals surface area contributed by atoms with Gasteiger partial charge in [0, 0.05) is 24.5 Å². The van der Waals surface area contributed by atoms with Gasteiger partial charge in [0.2, 0.25) is 10.0 Å². The number of para-hydroxylation sites is 1. The molecule has 2 atom stereocenters. The lowest BCUT2D eigenvalue weighted by Gasteiger charge is -2.23. The van der Waals surface area contributed by atoms with E-state index in [1.54, 1.807) is 56.1 Å². The second-order valence-electron chi connectivity index (χ2n) is 9.89. The summed E-state index contributed by atoms with van der Waals surface area (Å²) in [6.45, 7) is 4.00. The zero-order valence-corrected chi connectivity index (χ0v) is 24.8. The lowest BCUT2D eigenvalue weighted by atomic mass is 9.87. The number of aromatic nitrogens is 3. The smallest absolute Gasteiger partial charge is 0.306 e. The minimum Gasteiger partial charge on any atom is -0.494 e. The van der Waals surface area contributed by atoms with E-state index < -0.39 is 15.9 Å². The summed E-state index contributed by atoms with van der Waals surface area (Å²) in [6, 6.07) is 15.7. The summed E-state index contributed by atoms with van der Waals surface area (Å²) in [5.74, 6) is 0.0699. The molecule has 41 heavy (non-hydrogen) atoms. The molecular weight excluding hydrogens is 568 g/mol. The van der Waals surface area contributed by atoms with Crippen molar-refractivity contribution < 1.29 is 27.4 Å². The van der Waals surface area contributed by atoms with Crippen LogP contribution in [0.15, 0.2) is 59.5 Å². The molecule has 3 aromatic carbocycles. The van der Waals surface area contributed by atoms with Gasteiger partial charge in [-0.1, -0.05) is 41.1 Å². The van der Waals surface area contributed by atoms with E-state index in [1.165, 1.54) is 4.31 Å². The number of fused-ring (bicyclic) bond motifs is 2. The first-order chi connectivity index (χ1) is 19.6. The predicted molar refractivity (Wildman–Crippen MR) is 154 cm³/mol. The number of methoxy groups -OCH3 is 1. The predicted octanol–water partition coefficient (Wildman–Crippen LogP) is 4.69. The Morgan fingerprint density at radius 1 is 1.17 bits per heavy atom. The molecule has 5 rings (SSSR count). The number of ether oxygens (including phenoxy) is 3. The quantitative estimate of drug-likeness (QED) is 0.269. The van der Waals surface area contributed by atoms with Crippen molar-refractivity contribution in [3.63, 3.8) is 0 Å². The Labute approximate surface area is 243 Å². The molecule has 2 heterocycles. The van der Waals surface area contributed by atoms with E-state index in [0.717, 1.165) is 16.6 Å². The summed E-state index contributed by atoms with van der Waals surface area (Å²) in [6.07, 6.45) is -0.331. The minimum absolute atomic E-state index is 0.0235. The fraction of sp³-hybridized carbons (Fsp3) is 0.345. The highest BCUT2D eigenvalue weighted by Crippen LogP contribution is 2.37. The first kappa shape index (κ1) is 28.8. The van der Waals surface area contributed by atoms with Gasteiger partial charge in [0.25, 0.3) is 0 Å². The normalized spacial score (nSPS) is 17.3. The highest BCUT2D eigenvalue weighted by molar-refractivity contribution is 7.89. The molecule has 4 aromatic rings. The first-order valence-corrected chi connectivity index (χ1v) is 15.0. The first-order valence-electron chi connectivity index (χ1n) is 13.2. The van der Waals surface area contributed by atoms with E-state index in [0.29, 0.717) is 27.6 Å². The molecule has 1 aliphatic heterocycles. The van der Waals surface area contributed by atoms with Crippen LogP contribution in [0.1, 0.15) is 42.9 Å². The molecule has 1 unspecified atom stereocenters. The van der Waals surface area contributed by atoms with Crippen LogP contribution in [-0.4, -0.2) is 60.1 Å². The zero-order chi connectivity index (χ0) is 29.3. The molecule has 0 saturated carbocycles. The second kappa shape index (κ2) is 11.7. The topological polar surface area (TPSA) is 113 Å². The Bertz CT molecular complexity index is 1710. The van der Waals surface area contributed by atoms with Crippen LogP contribution < -0.4 is 9.47 Å². The van der Waals surface area contributed by atoms with Gasteiger partial charge in [-0.2, -0.15) is 4.31 Å². The van der Waals surface area contributed by atoms with E-state index in [9.17, 15) is 13.2 Å². The third-order valence-corrected chi connectivity index (χ3v) is 9.28. The van der Waals surface area contributed by atoms with Gasteiger partial charge in [-0.3, -0.25) is 4.79 Å². The summed E-state index contributed by atoms with van der Waals surface area (Å²) in [7, 11) is -0.524. The van der Waals surface area contributed by atoms with Crippen molar-refractivity contribution in [3.8, 4) is 11.5 Å². The molecule has 0 bridgehead atoms. The molecule has 0 amide bonds. The van der Waals surface area contributed by atoms with Crippen LogP contribution in [0.25, 0.3) is 11.0 Å². The molecule has 1 aliphatic rings. The van der Waals surface area contributed by atoms with Crippen molar-refractivity contribution in [3.05, 3.63) is 76.3 Å². The number of aryl methyl sites for hydroxylation is 1. The number of carbonyl (C=O) groups excluding carboxylic acids is 1. The Kier molecular flexibility index (Phi) is 8.21. The number of hydrogen-bond donors (Lipinski definition) is 0. The van der Waals surface area contributed by atoms with Crippen LogP contribution in [0.5, 0.6) is 11.5 Å². The van der Waals surface area contributed by atoms with Crippen LogP contribution in [-0.2, 0) is 33.1 Å². The SMILES string of the molecule is CCOC(=O)CC(c1ccc(Cl)c(CN2C[C@@H](C)Oc3ccccc3S2(=O)=O)c1)c1cc(OC)c2c(c1)nnn2C. The van der Waals surface area contributed by atoms with Gasteiger partial charge in [-0.05, 0) is 60.9 Å². The van der Waals surface area contributed by atoms with Gasteiger partial charge in [-0.25, -0.2) is 13.1 Å². The molecule has 0 radical (unpaired) electrons. The van der Waals surface area contributed by atoms with E-state index >= 15 is 0 Å². The minimum atomic E-state index is -3.87. The molecule has 0 spiro atoms. The molecule has 1 aromatic heterocycles. The summed E-state index contributed by atoms with van der Waals surface area (Å²) in [5.41, 5.74) is 3.48. The van der Waals surface area contributed by atoms with Crippen molar-refractivity contribution in [1.29, 1.82) is 0 Å². The average molecular weight is 599 g/mol. The lowest BCUT2D eigenvalue weighted by molar-refractivity contribution is -0.143. The molecule has 216 valence electrons. The van der Waals surface area contributed by atoms with Crippen molar-refractivity contribution in [1.82, 2.24) is 19.3 Å². The Morgan fingerprint density at radius 3 is 2.71 bits per heavy atom. The third kappa shape index (κ3) is 5.74. The highest BCUT2D eigenvalue weighted by Gasteiger charge is 2.34. The number of rotatable bonds is 8. The molecule has 0 saturated heterocycles. The molecule has 12 heteroatoms. The van der Waals surface area contributed by atoms with Gasteiger partial charge < -0.3 is 14.2 Å². The Morgan fingerprint density at radius 2 is 1.95 bits per heavy atom. The summed E-state index contributed by atoms with van der Waals surface area (Å²) < 4.78 is 47.2. The fourth-order valence-corrected chi connectivity index (χ4v) is 6.95. The summed E-state index contributed by atoms with van der Waals surface area (Å²) >= 11 is 6.64. The number of carbonyl (C=O) groups is 1. The van der Waals surface area contributed by atoms with Crippen molar-refractivity contribution in [2.75, 3.05) is 20.3 Å². The van der Waals surface area contributed by atoms with Crippen molar-refractivity contribution >= 4 is 38.6 Å². The van der Waals surface area contributed by atoms with Gasteiger partial charge in [0.05, 0.1) is 26.7 Å². The average Bonchev–Trinajstić information content (AvgIpc) is 3.28. The molecular formula is C29H31ClN4O6S. The van der Waals surface area contributed by atoms with Crippen LogP contribution in [0, 0.1) is 0 Å². The maximum Gasteiger partial charge on any atom is 0.306 e. The second-order valence-corrected chi connectivity index (χ2v) is 12.2. The van der Waals surface area contributed by atoms with Crippen LogP contribution in [0.4, 0.5) is 0 Å². The largest absolute Gasteiger partial charge is 0.494 e. The Hall–Kier alpha value is -3.67. The standard InChI is InChI=1S/C29H31ClN4O6S/c1-5-39-28(35)15-22(20-13-24-29(26(14-20)38-4)33(3)32-31-24)19-10-11-23(30)21(12-19)17-34-16-18(2)40-25-8-6-7-9-27(25)41(34,36)37/h6-14,18,22H,5,15-17H2,1-4H3/t18-,22?/m1/s1. The van der Waals surface area contributed by atoms with Gasteiger partial charge in [0.15, 0.2) is 0 Å². The van der Waals surface area contributed by atoms with E-state index in [4.69, 9.17) is 25.8 Å². The van der Waals surface area contributed by atoms with Gasteiger partial charge >= 0.3 is 5.97 Å². The van der Waals surface area contributed by atoms with Crippen LogP contribution in [0.3, 0.4) is 0 Å². The number of halogens is 1. The Balaban J connectivity index is 1.56.